The number of benzene rings is 1. The van der Waals surface area contributed by atoms with Crippen molar-refractivity contribution < 1.29 is 14.3 Å². The minimum Gasteiger partial charge on any atom is -0.493 e. The van der Waals surface area contributed by atoms with Gasteiger partial charge in [-0.2, -0.15) is 0 Å². The average Bonchev–Trinajstić information content (AvgIpc) is 2.77. The van der Waals surface area contributed by atoms with Gasteiger partial charge in [-0.25, -0.2) is 4.98 Å². The highest BCUT2D eigenvalue weighted by Gasteiger charge is 2.20. The largest absolute Gasteiger partial charge is 0.493 e. The molecule has 1 amide bonds. The van der Waals surface area contributed by atoms with E-state index < -0.39 is 0 Å². The summed E-state index contributed by atoms with van der Waals surface area (Å²) >= 11 is 0. The van der Waals surface area contributed by atoms with E-state index >= 15 is 0 Å². The summed E-state index contributed by atoms with van der Waals surface area (Å²) in [6.07, 6.45) is 6.17. The zero-order valence-corrected chi connectivity index (χ0v) is 16.5. The average molecular weight is 381 g/mol. The Balaban J connectivity index is 1.57. The highest BCUT2D eigenvalue weighted by molar-refractivity contribution is 5.92. The van der Waals surface area contributed by atoms with Gasteiger partial charge in [-0.05, 0) is 42.3 Å². The van der Waals surface area contributed by atoms with Crippen LogP contribution in [0.4, 0.5) is 5.82 Å². The number of methoxy groups -OCH3 is 1. The van der Waals surface area contributed by atoms with Gasteiger partial charge in [0, 0.05) is 38.5 Å². The molecular formula is C22H27N3O3. The zero-order chi connectivity index (χ0) is 19.8. The summed E-state index contributed by atoms with van der Waals surface area (Å²) in [4.78, 5) is 21.0. The first-order valence-corrected chi connectivity index (χ1v) is 9.65. The molecule has 0 saturated carbocycles. The van der Waals surface area contributed by atoms with Crippen LogP contribution in [-0.2, 0) is 4.79 Å². The van der Waals surface area contributed by atoms with Gasteiger partial charge in [0.05, 0.1) is 13.7 Å². The molecule has 6 nitrogen and oxygen atoms in total. The number of aromatic nitrogens is 1. The maximum absolute atomic E-state index is 12.5. The first-order chi connectivity index (χ1) is 13.7. The Morgan fingerprint density at radius 2 is 1.96 bits per heavy atom. The predicted octanol–water partition coefficient (Wildman–Crippen LogP) is 3.24. The van der Waals surface area contributed by atoms with Crippen molar-refractivity contribution in [2.45, 2.75) is 13.3 Å². The monoisotopic (exact) mass is 381 g/mol. The molecule has 1 aromatic carbocycles. The number of anilines is 1. The SMILES string of the molecule is CCCOc1ccc(C=CC(=O)N2CCN(c3ccccn3)CC2)cc1OC. The second-order valence-corrected chi connectivity index (χ2v) is 6.59. The molecule has 1 aliphatic rings. The minimum absolute atomic E-state index is 0.0194. The van der Waals surface area contributed by atoms with E-state index in [0.29, 0.717) is 25.4 Å². The Morgan fingerprint density at radius 1 is 1.14 bits per heavy atom. The number of carbonyl (C=O) groups is 1. The summed E-state index contributed by atoms with van der Waals surface area (Å²) in [5, 5.41) is 0. The molecule has 2 aromatic rings. The number of ether oxygens (including phenoxy) is 2. The van der Waals surface area contributed by atoms with Crippen LogP contribution in [0.1, 0.15) is 18.9 Å². The van der Waals surface area contributed by atoms with Gasteiger partial charge in [0.2, 0.25) is 5.91 Å². The summed E-state index contributed by atoms with van der Waals surface area (Å²) in [5.74, 6) is 2.37. The molecule has 1 fully saturated rings. The fraction of sp³-hybridized carbons (Fsp3) is 0.364. The molecule has 2 heterocycles. The maximum Gasteiger partial charge on any atom is 0.246 e. The van der Waals surface area contributed by atoms with Gasteiger partial charge < -0.3 is 19.3 Å². The van der Waals surface area contributed by atoms with E-state index in [1.54, 1.807) is 19.4 Å². The Bertz CT molecular complexity index is 800. The molecule has 0 radical (unpaired) electrons. The highest BCUT2D eigenvalue weighted by atomic mass is 16.5. The van der Waals surface area contributed by atoms with Gasteiger partial charge in [-0.3, -0.25) is 4.79 Å². The summed E-state index contributed by atoms with van der Waals surface area (Å²) in [6, 6.07) is 11.6. The van der Waals surface area contributed by atoms with E-state index in [1.807, 2.05) is 47.4 Å². The number of nitrogens with zero attached hydrogens (tertiary/aromatic N) is 3. The fourth-order valence-corrected chi connectivity index (χ4v) is 3.09. The van der Waals surface area contributed by atoms with Gasteiger partial charge >= 0.3 is 0 Å². The van der Waals surface area contributed by atoms with Gasteiger partial charge in [0.25, 0.3) is 0 Å². The van der Waals surface area contributed by atoms with Crippen LogP contribution in [-0.4, -0.2) is 55.7 Å². The van der Waals surface area contributed by atoms with Crippen LogP contribution in [0.3, 0.4) is 0 Å². The first kappa shape index (κ1) is 19.7. The van der Waals surface area contributed by atoms with Crippen molar-refractivity contribution in [3.05, 3.63) is 54.2 Å². The molecule has 0 N–H and O–H groups in total. The molecule has 28 heavy (non-hydrogen) atoms. The molecule has 6 heteroatoms. The number of hydrogen-bond donors (Lipinski definition) is 0. The van der Waals surface area contributed by atoms with E-state index in [-0.39, 0.29) is 5.91 Å². The van der Waals surface area contributed by atoms with Crippen LogP contribution >= 0.6 is 0 Å². The smallest absolute Gasteiger partial charge is 0.246 e. The molecule has 1 saturated heterocycles. The quantitative estimate of drug-likeness (QED) is 0.689. The van der Waals surface area contributed by atoms with Crippen molar-refractivity contribution >= 4 is 17.8 Å². The minimum atomic E-state index is 0.0194. The van der Waals surface area contributed by atoms with Crippen LogP contribution in [0.5, 0.6) is 11.5 Å². The molecule has 0 spiro atoms. The maximum atomic E-state index is 12.5. The normalized spacial score (nSPS) is 14.4. The predicted molar refractivity (Wildman–Crippen MR) is 111 cm³/mol. The molecule has 148 valence electrons. The van der Waals surface area contributed by atoms with Crippen molar-refractivity contribution in [3.63, 3.8) is 0 Å². The van der Waals surface area contributed by atoms with Gasteiger partial charge in [-0.15, -0.1) is 0 Å². The van der Waals surface area contributed by atoms with Crippen LogP contribution in [0, 0.1) is 0 Å². The number of piperazine rings is 1. The molecule has 1 aliphatic heterocycles. The van der Waals surface area contributed by atoms with E-state index in [0.717, 1.165) is 36.6 Å². The summed E-state index contributed by atoms with van der Waals surface area (Å²) in [7, 11) is 1.62. The second kappa shape index (κ2) is 9.78. The molecule has 0 aliphatic carbocycles. The van der Waals surface area contributed by atoms with Crippen LogP contribution < -0.4 is 14.4 Å². The lowest BCUT2D eigenvalue weighted by Gasteiger charge is -2.34. The van der Waals surface area contributed by atoms with Crippen molar-refractivity contribution in [1.82, 2.24) is 9.88 Å². The molecule has 0 atom stereocenters. The van der Waals surface area contributed by atoms with Crippen molar-refractivity contribution in [1.29, 1.82) is 0 Å². The van der Waals surface area contributed by atoms with E-state index in [2.05, 4.69) is 16.8 Å². The number of pyridine rings is 1. The standard InChI is InChI=1S/C22H27N3O3/c1-3-16-28-19-9-7-18(17-20(19)27-2)8-10-22(26)25-14-12-24(13-15-25)21-6-4-5-11-23-21/h4-11,17H,3,12-16H2,1-2H3. The van der Waals surface area contributed by atoms with Gasteiger partial charge in [-0.1, -0.05) is 19.1 Å². The van der Waals surface area contributed by atoms with Crippen LogP contribution in [0.25, 0.3) is 6.08 Å². The van der Waals surface area contributed by atoms with Crippen LogP contribution in [0.15, 0.2) is 48.7 Å². The summed E-state index contributed by atoms with van der Waals surface area (Å²) < 4.78 is 11.1. The fourth-order valence-electron chi connectivity index (χ4n) is 3.09. The van der Waals surface area contributed by atoms with E-state index in [1.165, 1.54) is 0 Å². The highest BCUT2D eigenvalue weighted by Crippen LogP contribution is 2.28. The zero-order valence-electron chi connectivity index (χ0n) is 16.5. The Kier molecular flexibility index (Phi) is 6.89. The first-order valence-electron chi connectivity index (χ1n) is 9.65. The topological polar surface area (TPSA) is 54.9 Å². The third kappa shape index (κ3) is 5.03. The second-order valence-electron chi connectivity index (χ2n) is 6.59. The Hall–Kier alpha value is -3.02. The number of amides is 1. The van der Waals surface area contributed by atoms with Gasteiger partial charge in [0.1, 0.15) is 5.82 Å². The van der Waals surface area contributed by atoms with Crippen molar-refractivity contribution in [3.8, 4) is 11.5 Å². The number of carbonyl (C=O) groups excluding carboxylic acids is 1. The Morgan fingerprint density at radius 3 is 2.64 bits per heavy atom. The lowest BCUT2D eigenvalue weighted by Crippen LogP contribution is -2.48. The van der Waals surface area contributed by atoms with Gasteiger partial charge in [0.15, 0.2) is 11.5 Å². The lowest BCUT2D eigenvalue weighted by atomic mass is 10.2. The molecule has 0 bridgehead atoms. The van der Waals surface area contributed by atoms with E-state index in [9.17, 15) is 4.79 Å². The summed E-state index contributed by atoms with van der Waals surface area (Å²) in [5.41, 5.74) is 0.904. The van der Waals surface area contributed by atoms with E-state index in [4.69, 9.17) is 9.47 Å². The summed E-state index contributed by atoms with van der Waals surface area (Å²) in [6.45, 7) is 5.65. The molecule has 1 aromatic heterocycles. The lowest BCUT2D eigenvalue weighted by molar-refractivity contribution is -0.126. The number of hydrogen-bond acceptors (Lipinski definition) is 5. The third-order valence-corrected chi connectivity index (χ3v) is 4.63. The number of rotatable bonds is 7. The van der Waals surface area contributed by atoms with Crippen molar-refractivity contribution in [2.75, 3.05) is 44.8 Å². The third-order valence-electron chi connectivity index (χ3n) is 4.63. The molecule has 3 rings (SSSR count). The Labute approximate surface area is 166 Å². The molecule has 0 unspecified atom stereocenters. The van der Waals surface area contributed by atoms with Crippen LogP contribution in [0.2, 0.25) is 0 Å². The van der Waals surface area contributed by atoms with Crippen molar-refractivity contribution in [2.24, 2.45) is 0 Å². The molecular weight excluding hydrogens is 354 g/mol.